The van der Waals surface area contributed by atoms with E-state index in [0.717, 1.165) is 60.9 Å². The second kappa shape index (κ2) is 25.3. The molecule has 6 bridgehead atoms. The lowest BCUT2D eigenvalue weighted by Crippen LogP contribution is -2.66. The van der Waals surface area contributed by atoms with Crippen molar-refractivity contribution in [1.29, 1.82) is 0 Å². The Labute approximate surface area is 423 Å². The van der Waals surface area contributed by atoms with Crippen LogP contribution in [0.5, 0.6) is 0 Å². The molecular formula is C50H70O17S3. The fourth-order valence-electron chi connectivity index (χ4n) is 10.2. The van der Waals surface area contributed by atoms with Crippen LogP contribution in [0.25, 0.3) is 0 Å². The number of esters is 6. The van der Waals surface area contributed by atoms with Gasteiger partial charge in [-0.05, 0) is 72.6 Å². The first-order valence-corrected chi connectivity index (χ1v) is 26.8. The van der Waals surface area contributed by atoms with Crippen LogP contribution in [0.15, 0.2) is 60.8 Å². The van der Waals surface area contributed by atoms with Crippen LogP contribution in [0, 0.1) is 23.7 Å². The van der Waals surface area contributed by atoms with Crippen LogP contribution in [-0.2, 0) is 71.4 Å². The van der Waals surface area contributed by atoms with E-state index in [4.69, 9.17) is 42.6 Å². The Morgan fingerprint density at radius 2 is 1.19 bits per heavy atom. The Morgan fingerprint density at radius 3 is 1.70 bits per heavy atom. The van der Waals surface area contributed by atoms with Gasteiger partial charge in [-0.15, -0.1) is 11.8 Å². The average molecular weight is 1040 g/mol. The molecule has 0 radical (unpaired) electrons. The maximum absolute atomic E-state index is 11.8. The van der Waals surface area contributed by atoms with Crippen molar-refractivity contribution in [3.63, 3.8) is 0 Å². The molecule has 4 saturated heterocycles. The molecule has 2 N–H and O–H groups in total. The molecule has 10 fully saturated rings. The predicted molar refractivity (Wildman–Crippen MR) is 263 cm³/mol. The zero-order chi connectivity index (χ0) is 51.6. The third-order valence-corrected chi connectivity index (χ3v) is 16.3. The van der Waals surface area contributed by atoms with Gasteiger partial charge in [-0.3, -0.25) is 4.79 Å². The van der Waals surface area contributed by atoms with Crippen LogP contribution in [0.3, 0.4) is 0 Å². The second-order valence-electron chi connectivity index (χ2n) is 19.5. The summed E-state index contributed by atoms with van der Waals surface area (Å²) >= 11 is 5.26. The number of fused-ring (bicyclic) bond motifs is 1. The van der Waals surface area contributed by atoms with E-state index in [1.165, 1.54) is 0 Å². The number of hydrogen-bond donors (Lipinski definition) is 2. The van der Waals surface area contributed by atoms with Crippen LogP contribution >= 0.6 is 35.3 Å². The molecule has 70 heavy (non-hydrogen) atoms. The third kappa shape index (κ3) is 16.2. The molecule has 17 nitrogen and oxygen atoms in total. The summed E-state index contributed by atoms with van der Waals surface area (Å²) in [5.74, 6) is 3.75. The van der Waals surface area contributed by atoms with Gasteiger partial charge in [-0.1, -0.05) is 32.9 Å². The van der Waals surface area contributed by atoms with Crippen LogP contribution in [-0.4, -0.2) is 148 Å². The highest BCUT2D eigenvalue weighted by Crippen LogP contribution is 2.60. The van der Waals surface area contributed by atoms with Gasteiger partial charge >= 0.3 is 35.8 Å². The fraction of sp³-hybridized carbons (Fsp3) is 0.680. The van der Waals surface area contributed by atoms with Crippen LogP contribution in [0.2, 0.25) is 0 Å². The highest BCUT2D eigenvalue weighted by Gasteiger charge is 2.65. The molecule has 10 aliphatic rings. The molecule has 4 aliphatic heterocycles. The van der Waals surface area contributed by atoms with Crippen molar-refractivity contribution in [2.75, 3.05) is 55.2 Å². The van der Waals surface area contributed by atoms with Gasteiger partial charge in [0, 0.05) is 82.0 Å². The maximum Gasteiger partial charge on any atom is 0.335 e. The Morgan fingerprint density at radius 1 is 0.629 bits per heavy atom. The molecule has 4 heterocycles. The summed E-state index contributed by atoms with van der Waals surface area (Å²) in [7, 11) is 0. The van der Waals surface area contributed by atoms with Crippen molar-refractivity contribution < 1.29 is 81.6 Å². The van der Waals surface area contributed by atoms with Gasteiger partial charge in [0.05, 0.1) is 42.7 Å². The Balaban J connectivity index is 0.000000165. The van der Waals surface area contributed by atoms with Gasteiger partial charge in [0.25, 0.3) is 0 Å². The van der Waals surface area contributed by atoms with Crippen molar-refractivity contribution >= 4 is 71.1 Å². The molecule has 0 aromatic rings. The third-order valence-electron chi connectivity index (χ3n) is 12.7. The topological polar surface area (TPSA) is 226 Å². The van der Waals surface area contributed by atoms with Crippen molar-refractivity contribution in [3.05, 3.63) is 60.8 Å². The molecule has 390 valence electrons. The minimum Gasteiger partial charge on any atom is -0.458 e. The number of ether oxygens (including phenoxy) is 9. The molecule has 0 spiro atoms. The highest BCUT2D eigenvalue weighted by molar-refractivity contribution is 8.06. The highest BCUT2D eigenvalue weighted by atomic mass is 32.2. The average Bonchev–Trinajstić information content (AvgIpc) is 3.92. The Bertz CT molecular complexity index is 1880. The molecule has 10 rings (SSSR count). The van der Waals surface area contributed by atoms with E-state index in [2.05, 4.69) is 32.9 Å². The molecule has 0 amide bonds. The summed E-state index contributed by atoms with van der Waals surface area (Å²) < 4.78 is 46.5. The number of rotatable bonds is 10. The number of thioether (sulfide) groups is 3. The largest absolute Gasteiger partial charge is 0.458 e. The Hall–Kier alpha value is -3.63. The smallest absolute Gasteiger partial charge is 0.335 e. The van der Waals surface area contributed by atoms with Gasteiger partial charge in [0.1, 0.15) is 24.4 Å². The van der Waals surface area contributed by atoms with E-state index < -0.39 is 35.0 Å². The minimum atomic E-state index is -0.858. The fourth-order valence-corrected chi connectivity index (χ4v) is 13.3. The molecule has 10 unspecified atom stereocenters. The van der Waals surface area contributed by atoms with E-state index in [9.17, 15) is 39.0 Å². The number of hydrogen-bond acceptors (Lipinski definition) is 20. The summed E-state index contributed by atoms with van der Waals surface area (Å²) in [5, 5.41) is 21.0. The summed E-state index contributed by atoms with van der Waals surface area (Å²) in [6.45, 7) is 27.7. The van der Waals surface area contributed by atoms with Crippen molar-refractivity contribution in [2.45, 2.75) is 133 Å². The first-order valence-electron chi connectivity index (χ1n) is 23.5. The van der Waals surface area contributed by atoms with Crippen molar-refractivity contribution in [1.82, 2.24) is 0 Å². The SMILES string of the molecule is C=C(C)C(=O)OC12CC3CC(O)(CC(O)(C3)C1)C2.C=C(C)C(=O)OC1C2CC3C(=O)OC1C3C2.C=C(C)C(=O)OC1COCCO1.C=C(C)C(=O)OC1CSCCO1.C=C(C)C(=O)OC1CSCCS1. The monoisotopic (exact) mass is 1040 g/mol. The number of carbonyl (C=O) groups is 6. The van der Waals surface area contributed by atoms with Crippen LogP contribution in [0.1, 0.15) is 86.0 Å². The van der Waals surface area contributed by atoms with E-state index in [0.29, 0.717) is 79.5 Å². The second-order valence-corrected chi connectivity index (χ2v) is 23.1. The van der Waals surface area contributed by atoms with Crippen LogP contribution < -0.4 is 0 Å². The molecular weight excluding hydrogens is 969 g/mol. The zero-order valence-corrected chi connectivity index (χ0v) is 43.4. The zero-order valence-electron chi connectivity index (χ0n) is 41.0. The lowest BCUT2D eigenvalue weighted by atomic mass is 9.50. The lowest BCUT2D eigenvalue weighted by Gasteiger charge is -2.62. The lowest BCUT2D eigenvalue weighted by molar-refractivity contribution is -0.260. The summed E-state index contributed by atoms with van der Waals surface area (Å²) in [6.07, 6.45) is 3.93. The Kier molecular flexibility index (Phi) is 20.7. The molecule has 10 atom stereocenters. The first kappa shape index (κ1) is 57.3. The van der Waals surface area contributed by atoms with E-state index in [1.54, 1.807) is 58.1 Å². The number of carbonyl (C=O) groups excluding carboxylic acids is 6. The van der Waals surface area contributed by atoms with E-state index in [-0.39, 0.29) is 65.6 Å². The van der Waals surface area contributed by atoms with E-state index in [1.807, 2.05) is 11.8 Å². The quantitative estimate of drug-likeness (QED) is 0.147. The molecule has 20 heteroatoms. The summed E-state index contributed by atoms with van der Waals surface area (Å²) in [4.78, 5) is 67.7. The first-order chi connectivity index (χ1) is 32.9. The summed E-state index contributed by atoms with van der Waals surface area (Å²) in [5.41, 5.74) is -0.350. The van der Waals surface area contributed by atoms with Gasteiger partial charge in [0.2, 0.25) is 12.6 Å². The molecule has 0 aromatic carbocycles. The van der Waals surface area contributed by atoms with Crippen molar-refractivity contribution in [3.8, 4) is 0 Å². The molecule has 6 saturated carbocycles. The summed E-state index contributed by atoms with van der Waals surface area (Å²) in [6, 6.07) is 0. The van der Waals surface area contributed by atoms with Crippen molar-refractivity contribution in [2.24, 2.45) is 23.7 Å². The normalized spacial score (nSPS) is 34.5. The maximum atomic E-state index is 11.8. The molecule has 6 aliphatic carbocycles. The van der Waals surface area contributed by atoms with Gasteiger partial charge in [-0.25, -0.2) is 24.0 Å². The van der Waals surface area contributed by atoms with E-state index >= 15 is 0 Å². The molecule has 0 aromatic heterocycles. The van der Waals surface area contributed by atoms with Gasteiger partial charge < -0.3 is 52.8 Å². The number of aliphatic hydroxyl groups is 2. The van der Waals surface area contributed by atoms with Crippen LogP contribution in [0.4, 0.5) is 0 Å². The van der Waals surface area contributed by atoms with Gasteiger partial charge in [0.15, 0.2) is 5.44 Å². The minimum absolute atomic E-state index is 0.0351. The predicted octanol–water partition coefficient (Wildman–Crippen LogP) is 5.95. The standard InChI is InChI=1S/C14H20O4.C12H14O4.C8H12O4.C8H12O3S.C8H12O2S2/c1-9(2)11(15)18-14-5-10-3-12(16,7-14)6-13(17,4-10)8-14;1-5(2)11(13)15-9-6-3-7-8(4-6)12(14)16-10(7)9;1-6(2)8(9)12-7-5-10-3-4-11-7;1-6(2)8(9)11-7-5-12-4-3-10-7;1-6(2)8(9)10-7-5-11-3-4-12-7/h10,16-17H,1,3-8H2,2H3;6-10H,1,3-4H2,2H3;3*7H,1,3-5H2,2H3. The van der Waals surface area contributed by atoms with Gasteiger partial charge in [-0.2, -0.15) is 23.5 Å².